The Morgan fingerprint density at radius 2 is 2.15 bits per heavy atom. The monoisotopic (exact) mass is 201 g/mol. The van der Waals surface area contributed by atoms with E-state index in [4.69, 9.17) is 0 Å². The lowest BCUT2D eigenvalue weighted by Gasteiger charge is -2.31. The van der Waals surface area contributed by atoms with E-state index in [-0.39, 0.29) is 6.10 Å². The number of rotatable bonds is 2. The van der Waals surface area contributed by atoms with Crippen LogP contribution in [0, 0.1) is 0 Å². The van der Waals surface area contributed by atoms with Gasteiger partial charge in [0.2, 0.25) is 0 Å². The first-order valence-electron chi connectivity index (χ1n) is 5.27. The van der Waals surface area contributed by atoms with Gasteiger partial charge in [0, 0.05) is 17.8 Å². The topological polar surface area (TPSA) is 23.5 Å². The molecule has 3 atom stereocenters. The smallest absolute Gasteiger partial charge is 0.0695 e. The fourth-order valence-electron chi connectivity index (χ4n) is 2.51. The third kappa shape index (κ3) is 2.03. The first-order valence-corrected chi connectivity index (χ1v) is 6.42. The van der Waals surface area contributed by atoms with E-state index in [1.165, 1.54) is 30.8 Å². The second kappa shape index (κ2) is 4.20. The molecule has 0 radical (unpaired) electrons. The third-order valence-electron chi connectivity index (χ3n) is 3.45. The lowest BCUT2D eigenvalue weighted by atomic mass is 10.1. The van der Waals surface area contributed by atoms with Crippen molar-refractivity contribution in [1.82, 2.24) is 4.90 Å². The minimum Gasteiger partial charge on any atom is -0.391 e. The van der Waals surface area contributed by atoms with Gasteiger partial charge in [-0.25, -0.2) is 0 Å². The molecule has 1 unspecified atom stereocenters. The summed E-state index contributed by atoms with van der Waals surface area (Å²) in [6, 6.07) is 1.17. The number of hydrogen-bond acceptors (Lipinski definition) is 3. The van der Waals surface area contributed by atoms with E-state index < -0.39 is 0 Å². The van der Waals surface area contributed by atoms with Crippen LogP contribution in [0.2, 0.25) is 0 Å². The molecule has 13 heavy (non-hydrogen) atoms. The second-order valence-corrected chi connectivity index (χ2v) is 5.40. The van der Waals surface area contributed by atoms with Gasteiger partial charge in [-0.2, -0.15) is 11.8 Å². The Kier molecular flexibility index (Phi) is 3.17. The van der Waals surface area contributed by atoms with E-state index in [2.05, 4.69) is 11.9 Å². The van der Waals surface area contributed by atoms with Crippen molar-refractivity contribution in [2.24, 2.45) is 0 Å². The highest BCUT2D eigenvalue weighted by Crippen LogP contribution is 2.29. The quantitative estimate of drug-likeness (QED) is 0.729. The maximum atomic E-state index is 9.77. The van der Waals surface area contributed by atoms with Crippen molar-refractivity contribution < 1.29 is 5.11 Å². The molecule has 0 bridgehead atoms. The first-order chi connectivity index (χ1) is 6.29. The zero-order valence-corrected chi connectivity index (χ0v) is 9.09. The van der Waals surface area contributed by atoms with Gasteiger partial charge in [0.1, 0.15) is 0 Å². The summed E-state index contributed by atoms with van der Waals surface area (Å²) < 4.78 is 0. The van der Waals surface area contributed by atoms with Gasteiger partial charge in [-0.05, 0) is 38.5 Å². The van der Waals surface area contributed by atoms with Gasteiger partial charge in [0.05, 0.1) is 6.10 Å². The van der Waals surface area contributed by atoms with Crippen molar-refractivity contribution >= 4 is 11.8 Å². The SMILES string of the molecule is CN(C1CCSC1)[C@H]1CCC[C@@H]1O. The molecule has 0 aromatic carbocycles. The number of likely N-dealkylation sites (N-methyl/N-ethyl adjacent to an activating group) is 1. The molecule has 76 valence electrons. The van der Waals surface area contributed by atoms with Gasteiger partial charge in [-0.15, -0.1) is 0 Å². The highest BCUT2D eigenvalue weighted by Gasteiger charge is 2.33. The molecular formula is C10H19NOS. The Bertz CT molecular complexity index is 170. The second-order valence-electron chi connectivity index (χ2n) is 4.25. The van der Waals surface area contributed by atoms with E-state index in [0.717, 1.165) is 12.5 Å². The molecule has 0 amide bonds. The van der Waals surface area contributed by atoms with E-state index in [1.54, 1.807) is 0 Å². The Balaban J connectivity index is 1.91. The van der Waals surface area contributed by atoms with Gasteiger partial charge in [0.15, 0.2) is 0 Å². The molecule has 2 nitrogen and oxygen atoms in total. The molecule has 0 aromatic heterocycles. The van der Waals surface area contributed by atoms with Crippen LogP contribution >= 0.6 is 11.8 Å². The van der Waals surface area contributed by atoms with Crippen LogP contribution in [0.25, 0.3) is 0 Å². The zero-order valence-electron chi connectivity index (χ0n) is 8.28. The van der Waals surface area contributed by atoms with Crippen molar-refractivity contribution in [2.75, 3.05) is 18.6 Å². The minimum absolute atomic E-state index is 0.0596. The highest BCUT2D eigenvalue weighted by atomic mass is 32.2. The van der Waals surface area contributed by atoms with Crippen LogP contribution in [0.5, 0.6) is 0 Å². The summed E-state index contributed by atoms with van der Waals surface area (Å²) in [5.41, 5.74) is 0. The third-order valence-corrected chi connectivity index (χ3v) is 4.59. The van der Waals surface area contributed by atoms with Crippen LogP contribution in [0.4, 0.5) is 0 Å². The summed E-state index contributed by atoms with van der Waals surface area (Å²) in [5, 5.41) is 9.77. The first kappa shape index (κ1) is 9.81. The van der Waals surface area contributed by atoms with Gasteiger partial charge >= 0.3 is 0 Å². The number of nitrogens with zero attached hydrogens (tertiary/aromatic N) is 1. The van der Waals surface area contributed by atoms with Crippen molar-refractivity contribution in [2.45, 2.75) is 43.9 Å². The molecule has 1 aliphatic carbocycles. The molecule has 1 aliphatic heterocycles. The van der Waals surface area contributed by atoms with E-state index >= 15 is 0 Å². The average molecular weight is 201 g/mol. The fourth-order valence-corrected chi connectivity index (χ4v) is 3.79. The summed E-state index contributed by atoms with van der Waals surface area (Å²) in [4.78, 5) is 2.43. The van der Waals surface area contributed by atoms with E-state index in [1.807, 2.05) is 11.8 Å². The summed E-state index contributed by atoms with van der Waals surface area (Å²) in [6.45, 7) is 0. The van der Waals surface area contributed by atoms with Gasteiger partial charge in [0.25, 0.3) is 0 Å². The molecule has 1 heterocycles. The maximum absolute atomic E-state index is 9.77. The molecule has 2 rings (SSSR count). The van der Waals surface area contributed by atoms with Crippen LogP contribution in [-0.2, 0) is 0 Å². The summed E-state index contributed by atoms with van der Waals surface area (Å²) in [5.74, 6) is 2.57. The van der Waals surface area contributed by atoms with Crippen LogP contribution in [0.3, 0.4) is 0 Å². The van der Waals surface area contributed by atoms with Crippen LogP contribution < -0.4 is 0 Å². The predicted octanol–water partition coefficient (Wildman–Crippen LogP) is 1.34. The molecule has 3 heteroatoms. The lowest BCUT2D eigenvalue weighted by molar-refractivity contribution is 0.0674. The number of aliphatic hydroxyl groups excluding tert-OH is 1. The van der Waals surface area contributed by atoms with Gasteiger partial charge < -0.3 is 5.11 Å². The standard InChI is InChI=1S/C10H19NOS/c1-11(8-5-6-13-7-8)9-3-2-4-10(9)12/h8-10,12H,2-7H2,1H3/t8?,9-,10-/m0/s1. The highest BCUT2D eigenvalue weighted by molar-refractivity contribution is 7.99. The van der Waals surface area contributed by atoms with E-state index in [9.17, 15) is 5.11 Å². The van der Waals surface area contributed by atoms with Crippen molar-refractivity contribution in [1.29, 1.82) is 0 Å². The van der Waals surface area contributed by atoms with Gasteiger partial charge in [-0.1, -0.05) is 0 Å². The number of aliphatic hydroxyl groups is 1. The van der Waals surface area contributed by atoms with Crippen molar-refractivity contribution in [3.8, 4) is 0 Å². The Morgan fingerprint density at radius 1 is 1.31 bits per heavy atom. The minimum atomic E-state index is -0.0596. The molecule has 2 aliphatic rings. The fraction of sp³-hybridized carbons (Fsp3) is 1.00. The lowest BCUT2D eigenvalue weighted by Crippen LogP contribution is -2.44. The largest absolute Gasteiger partial charge is 0.391 e. The Labute approximate surface area is 84.7 Å². The predicted molar refractivity (Wildman–Crippen MR) is 57.1 cm³/mol. The Hall–Kier alpha value is 0.270. The summed E-state index contributed by atoms with van der Waals surface area (Å²) in [7, 11) is 2.19. The summed E-state index contributed by atoms with van der Waals surface area (Å²) in [6.07, 6.45) is 4.66. The number of thioether (sulfide) groups is 1. The molecule has 0 spiro atoms. The van der Waals surface area contributed by atoms with E-state index in [0.29, 0.717) is 6.04 Å². The molecule has 1 saturated heterocycles. The summed E-state index contributed by atoms with van der Waals surface area (Å²) >= 11 is 2.05. The van der Waals surface area contributed by atoms with Crippen LogP contribution in [0.1, 0.15) is 25.7 Å². The zero-order chi connectivity index (χ0) is 9.26. The van der Waals surface area contributed by atoms with Crippen molar-refractivity contribution in [3.05, 3.63) is 0 Å². The number of hydrogen-bond donors (Lipinski definition) is 1. The van der Waals surface area contributed by atoms with Crippen molar-refractivity contribution in [3.63, 3.8) is 0 Å². The molecular weight excluding hydrogens is 182 g/mol. The average Bonchev–Trinajstić information content (AvgIpc) is 2.72. The normalized spacial score (nSPS) is 40.4. The molecule has 1 N–H and O–H groups in total. The van der Waals surface area contributed by atoms with Crippen LogP contribution in [0.15, 0.2) is 0 Å². The van der Waals surface area contributed by atoms with Crippen LogP contribution in [-0.4, -0.2) is 46.7 Å². The molecule has 2 fully saturated rings. The molecule has 0 aromatic rings. The Morgan fingerprint density at radius 3 is 2.69 bits per heavy atom. The maximum Gasteiger partial charge on any atom is 0.0695 e. The van der Waals surface area contributed by atoms with Gasteiger partial charge in [-0.3, -0.25) is 4.90 Å². The molecule has 1 saturated carbocycles.